The summed E-state index contributed by atoms with van der Waals surface area (Å²) in [5.74, 6) is -0.864. The lowest BCUT2D eigenvalue weighted by Gasteiger charge is -2.21. The van der Waals surface area contributed by atoms with Gasteiger partial charge >= 0.3 is 0 Å². The number of anilines is 1. The molecule has 0 aliphatic carbocycles. The Kier molecular flexibility index (Phi) is 4.37. The lowest BCUT2D eigenvalue weighted by Crippen LogP contribution is -2.38. The molecule has 1 aromatic carbocycles. The lowest BCUT2D eigenvalue weighted by molar-refractivity contribution is -0.133. The minimum atomic E-state index is -0.974. The van der Waals surface area contributed by atoms with E-state index < -0.39 is 11.4 Å². The van der Waals surface area contributed by atoms with Crippen LogP contribution in [0.15, 0.2) is 18.2 Å². The van der Waals surface area contributed by atoms with Gasteiger partial charge in [-0.25, -0.2) is 4.39 Å². The summed E-state index contributed by atoms with van der Waals surface area (Å²) in [5, 5.41) is 2.61. The quantitative estimate of drug-likeness (QED) is 0.819. The highest BCUT2D eigenvalue weighted by molar-refractivity contribution is 7.80. The van der Waals surface area contributed by atoms with Gasteiger partial charge in [0.2, 0.25) is 0 Å². The number of carbonyl (C=O) groups is 1. The van der Waals surface area contributed by atoms with Crippen molar-refractivity contribution in [3.63, 3.8) is 0 Å². The fourth-order valence-corrected chi connectivity index (χ4v) is 1.32. The zero-order chi connectivity index (χ0) is 13.9. The van der Waals surface area contributed by atoms with Crippen LogP contribution in [0.3, 0.4) is 0 Å². The van der Waals surface area contributed by atoms with Crippen molar-refractivity contribution in [2.24, 2.45) is 5.73 Å². The molecule has 0 radical (unpaired) electrons. The van der Waals surface area contributed by atoms with Crippen molar-refractivity contribution in [3.05, 3.63) is 29.6 Å². The highest BCUT2D eigenvalue weighted by atomic mass is 32.1. The first-order chi connectivity index (χ1) is 8.27. The number of thiocarbonyl (C=S) groups is 1. The van der Waals surface area contributed by atoms with Crippen LogP contribution < -0.4 is 11.1 Å². The zero-order valence-corrected chi connectivity index (χ0v) is 11.2. The molecular weight excluding hydrogens is 255 g/mol. The summed E-state index contributed by atoms with van der Waals surface area (Å²) in [6, 6.07) is 4.02. The fraction of sp³-hybridized carbons (Fsp3) is 0.333. The van der Waals surface area contributed by atoms with Gasteiger partial charge in [-0.1, -0.05) is 12.2 Å². The third-order valence-corrected chi connectivity index (χ3v) is 2.77. The molecule has 3 N–H and O–H groups in total. The summed E-state index contributed by atoms with van der Waals surface area (Å²) in [6.07, 6.45) is 0. The van der Waals surface area contributed by atoms with Crippen LogP contribution in [0, 0.1) is 5.82 Å². The van der Waals surface area contributed by atoms with E-state index in [2.05, 4.69) is 5.32 Å². The number of nitrogens with two attached hydrogens (primary N) is 1. The fourth-order valence-electron chi connectivity index (χ4n) is 1.17. The minimum absolute atomic E-state index is 0.0606. The maximum absolute atomic E-state index is 13.4. The molecule has 0 atom stereocenters. The third-order valence-electron chi connectivity index (χ3n) is 2.55. The number of amides is 1. The topological polar surface area (TPSA) is 64.3 Å². The van der Waals surface area contributed by atoms with E-state index in [0.29, 0.717) is 5.69 Å². The Morgan fingerprint density at radius 2 is 2.11 bits per heavy atom. The maximum atomic E-state index is 13.4. The normalized spacial score (nSPS) is 11.1. The monoisotopic (exact) mass is 270 g/mol. The molecule has 98 valence electrons. The van der Waals surface area contributed by atoms with Crippen molar-refractivity contribution in [1.82, 2.24) is 0 Å². The van der Waals surface area contributed by atoms with Crippen molar-refractivity contribution in [3.8, 4) is 0 Å². The van der Waals surface area contributed by atoms with E-state index in [1.54, 1.807) is 13.8 Å². The van der Waals surface area contributed by atoms with Gasteiger partial charge in [0.1, 0.15) is 16.4 Å². The summed E-state index contributed by atoms with van der Waals surface area (Å²) < 4.78 is 18.4. The van der Waals surface area contributed by atoms with Gasteiger partial charge in [-0.2, -0.15) is 0 Å². The number of benzene rings is 1. The largest absolute Gasteiger partial charge is 0.389 e. The molecule has 0 aromatic heterocycles. The number of ether oxygens (including phenoxy) is 1. The standard InChI is InChI=1S/C12H15FN2O2S/c1-12(2,17-3)11(16)15-7-4-5-9(13)8(6-7)10(14)18/h4-6H,1-3H3,(H2,14,18)(H,15,16). The van der Waals surface area contributed by atoms with Gasteiger partial charge in [0.25, 0.3) is 5.91 Å². The molecule has 0 aliphatic rings. The molecule has 0 saturated carbocycles. The van der Waals surface area contributed by atoms with Gasteiger partial charge < -0.3 is 15.8 Å². The molecule has 0 heterocycles. The number of rotatable bonds is 4. The molecule has 0 unspecified atom stereocenters. The van der Waals surface area contributed by atoms with Crippen molar-refractivity contribution >= 4 is 28.8 Å². The van der Waals surface area contributed by atoms with Crippen LogP contribution in [-0.2, 0) is 9.53 Å². The molecule has 0 fully saturated rings. The molecular formula is C12H15FN2O2S. The Hall–Kier alpha value is -1.53. The minimum Gasteiger partial charge on any atom is -0.389 e. The molecule has 0 aliphatic heterocycles. The number of carbonyl (C=O) groups excluding carboxylic acids is 1. The Bertz CT molecular complexity index is 489. The van der Waals surface area contributed by atoms with Crippen LogP contribution in [-0.4, -0.2) is 23.6 Å². The van der Waals surface area contributed by atoms with Gasteiger partial charge in [-0.3, -0.25) is 4.79 Å². The van der Waals surface area contributed by atoms with Crippen LogP contribution in [0.2, 0.25) is 0 Å². The van der Waals surface area contributed by atoms with E-state index in [4.69, 9.17) is 22.7 Å². The van der Waals surface area contributed by atoms with Gasteiger partial charge in [0.15, 0.2) is 0 Å². The van der Waals surface area contributed by atoms with Crippen molar-refractivity contribution in [1.29, 1.82) is 0 Å². The Morgan fingerprint density at radius 1 is 1.50 bits per heavy atom. The molecule has 4 nitrogen and oxygen atoms in total. The van der Waals surface area contributed by atoms with E-state index in [1.807, 2.05) is 0 Å². The second-order valence-electron chi connectivity index (χ2n) is 4.23. The summed E-state index contributed by atoms with van der Waals surface area (Å²) in [7, 11) is 1.44. The van der Waals surface area contributed by atoms with Gasteiger partial charge in [-0.15, -0.1) is 0 Å². The van der Waals surface area contributed by atoms with Crippen LogP contribution >= 0.6 is 12.2 Å². The van der Waals surface area contributed by atoms with Crippen molar-refractivity contribution < 1.29 is 13.9 Å². The predicted molar refractivity (Wildman–Crippen MR) is 72.0 cm³/mol. The molecule has 0 bridgehead atoms. The first-order valence-corrected chi connectivity index (χ1v) is 5.64. The number of nitrogens with one attached hydrogen (secondary N) is 1. The average molecular weight is 270 g/mol. The SMILES string of the molecule is COC(C)(C)C(=O)Nc1ccc(F)c(C(N)=S)c1. The predicted octanol–water partition coefficient (Wildman–Crippen LogP) is 1.82. The van der Waals surface area contributed by atoms with Gasteiger partial charge in [0.05, 0.1) is 0 Å². The molecule has 0 spiro atoms. The number of hydrogen-bond acceptors (Lipinski definition) is 3. The van der Waals surface area contributed by atoms with E-state index >= 15 is 0 Å². The van der Waals surface area contributed by atoms with Crippen LogP contribution in [0.25, 0.3) is 0 Å². The average Bonchev–Trinajstić information content (AvgIpc) is 2.31. The van der Waals surface area contributed by atoms with Crippen LogP contribution in [0.4, 0.5) is 10.1 Å². The first-order valence-electron chi connectivity index (χ1n) is 5.24. The lowest BCUT2D eigenvalue weighted by atomic mass is 10.1. The molecule has 0 saturated heterocycles. The van der Waals surface area contributed by atoms with E-state index in [-0.39, 0.29) is 16.5 Å². The van der Waals surface area contributed by atoms with Crippen molar-refractivity contribution in [2.45, 2.75) is 19.4 Å². The Labute approximate surface area is 110 Å². The highest BCUT2D eigenvalue weighted by Gasteiger charge is 2.27. The second-order valence-corrected chi connectivity index (χ2v) is 4.67. The maximum Gasteiger partial charge on any atom is 0.256 e. The summed E-state index contributed by atoms with van der Waals surface area (Å²) >= 11 is 4.72. The molecule has 1 amide bonds. The zero-order valence-electron chi connectivity index (χ0n) is 10.4. The third kappa shape index (κ3) is 3.24. The summed E-state index contributed by atoms with van der Waals surface area (Å²) in [5.41, 5.74) is 4.91. The van der Waals surface area contributed by atoms with E-state index in [0.717, 1.165) is 0 Å². The second kappa shape index (κ2) is 5.41. The number of methoxy groups -OCH3 is 1. The summed E-state index contributed by atoms with van der Waals surface area (Å²) in [6.45, 7) is 3.25. The molecule has 1 rings (SSSR count). The highest BCUT2D eigenvalue weighted by Crippen LogP contribution is 2.17. The van der Waals surface area contributed by atoms with E-state index in [1.165, 1.54) is 25.3 Å². The Morgan fingerprint density at radius 3 is 2.61 bits per heavy atom. The molecule has 18 heavy (non-hydrogen) atoms. The number of hydrogen-bond donors (Lipinski definition) is 2. The molecule has 1 aromatic rings. The number of halogens is 1. The van der Waals surface area contributed by atoms with Crippen LogP contribution in [0.5, 0.6) is 0 Å². The summed E-state index contributed by atoms with van der Waals surface area (Å²) in [4.78, 5) is 11.8. The van der Waals surface area contributed by atoms with Crippen molar-refractivity contribution in [2.75, 3.05) is 12.4 Å². The van der Waals surface area contributed by atoms with Crippen LogP contribution in [0.1, 0.15) is 19.4 Å². The van der Waals surface area contributed by atoms with E-state index in [9.17, 15) is 9.18 Å². The molecule has 6 heteroatoms. The van der Waals surface area contributed by atoms with Gasteiger partial charge in [-0.05, 0) is 32.0 Å². The first kappa shape index (κ1) is 14.5. The Balaban J connectivity index is 2.96. The van der Waals surface area contributed by atoms with Gasteiger partial charge in [0, 0.05) is 18.4 Å². The smallest absolute Gasteiger partial charge is 0.256 e.